The number of nitrogens with one attached hydrogen (secondary N) is 1. The van der Waals surface area contributed by atoms with Gasteiger partial charge in [0.25, 0.3) is 0 Å². The third-order valence-electron chi connectivity index (χ3n) is 2.42. The van der Waals surface area contributed by atoms with Crippen LogP contribution in [0.3, 0.4) is 0 Å². The van der Waals surface area contributed by atoms with Crippen molar-refractivity contribution in [2.45, 2.75) is 19.9 Å². The minimum atomic E-state index is -0.336. The Kier molecular flexibility index (Phi) is 3.24. The summed E-state index contributed by atoms with van der Waals surface area (Å²) in [6, 6.07) is 6.00. The van der Waals surface area contributed by atoms with E-state index in [2.05, 4.69) is 5.32 Å². The first kappa shape index (κ1) is 11.8. The molecule has 1 aromatic carbocycles. The molecule has 0 unspecified atom stereocenters. The highest BCUT2D eigenvalue weighted by molar-refractivity contribution is 5.98. The first-order valence-electron chi connectivity index (χ1n) is 5.52. The zero-order chi connectivity index (χ0) is 12.4. The molecule has 90 valence electrons. The number of carbonyl (C=O) groups excluding carboxylic acids is 1. The Morgan fingerprint density at radius 2 is 2.18 bits per heavy atom. The maximum Gasteiger partial charge on any atom is 0.211 e. The number of rotatable bonds is 4. The van der Waals surface area contributed by atoms with Crippen molar-refractivity contribution in [3.05, 3.63) is 35.8 Å². The first-order valence-corrected chi connectivity index (χ1v) is 5.52. The van der Waals surface area contributed by atoms with Crippen LogP contribution in [0.2, 0.25) is 0 Å². The lowest BCUT2D eigenvalue weighted by Gasteiger charge is -2.04. The van der Waals surface area contributed by atoms with Crippen molar-refractivity contribution in [3.63, 3.8) is 0 Å². The Bertz CT molecular complexity index is 545. The van der Waals surface area contributed by atoms with Crippen LogP contribution in [0.1, 0.15) is 24.4 Å². The fourth-order valence-electron chi connectivity index (χ4n) is 1.54. The standard InChI is InChI=1S/C13H14FNO2/c1-8(2)15-7-11(16)13-6-9-5-10(14)3-4-12(9)17-13/h3-6,8,15H,7H2,1-2H3. The van der Waals surface area contributed by atoms with E-state index >= 15 is 0 Å². The van der Waals surface area contributed by atoms with Crippen molar-refractivity contribution in [2.75, 3.05) is 6.54 Å². The average Bonchev–Trinajstić information content (AvgIpc) is 2.68. The highest BCUT2D eigenvalue weighted by Crippen LogP contribution is 2.20. The fraction of sp³-hybridized carbons (Fsp3) is 0.308. The lowest BCUT2D eigenvalue weighted by molar-refractivity contribution is 0.0964. The Hall–Kier alpha value is -1.68. The van der Waals surface area contributed by atoms with Gasteiger partial charge in [-0.2, -0.15) is 0 Å². The Morgan fingerprint density at radius 1 is 1.41 bits per heavy atom. The van der Waals surface area contributed by atoms with Gasteiger partial charge in [0.15, 0.2) is 5.76 Å². The minimum Gasteiger partial charge on any atom is -0.453 e. The highest BCUT2D eigenvalue weighted by atomic mass is 19.1. The molecule has 0 bridgehead atoms. The van der Waals surface area contributed by atoms with Crippen molar-refractivity contribution in [2.24, 2.45) is 0 Å². The first-order chi connectivity index (χ1) is 8.06. The lowest BCUT2D eigenvalue weighted by Crippen LogP contribution is -2.28. The smallest absolute Gasteiger partial charge is 0.211 e. The van der Waals surface area contributed by atoms with Crippen molar-refractivity contribution >= 4 is 16.8 Å². The molecule has 0 saturated heterocycles. The lowest BCUT2D eigenvalue weighted by atomic mass is 10.2. The molecule has 0 radical (unpaired) electrons. The van der Waals surface area contributed by atoms with Gasteiger partial charge in [0.05, 0.1) is 6.54 Å². The molecule has 0 aliphatic heterocycles. The summed E-state index contributed by atoms with van der Waals surface area (Å²) in [6.07, 6.45) is 0. The van der Waals surface area contributed by atoms with Gasteiger partial charge >= 0.3 is 0 Å². The molecule has 0 spiro atoms. The number of hydrogen-bond donors (Lipinski definition) is 1. The van der Waals surface area contributed by atoms with Gasteiger partial charge in [-0.1, -0.05) is 13.8 Å². The molecule has 0 aliphatic carbocycles. The number of halogens is 1. The summed E-state index contributed by atoms with van der Waals surface area (Å²) in [7, 11) is 0. The molecular formula is C13H14FNO2. The van der Waals surface area contributed by atoms with E-state index in [1.54, 1.807) is 6.07 Å². The van der Waals surface area contributed by atoms with E-state index in [-0.39, 0.29) is 29.9 Å². The fourth-order valence-corrected chi connectivity index (χ4v) is 1.54. The van der Waals surface area contributed by atoms with Gasteiger partial charge in [0, 0.05) is 11.4 Å². The molecular weight excluding hydrogens is 221 g/mol. The van der Waals surface area contributed by atoms with Crippen molar-refractivity contribution in [1.82, 2.24) is 5.32 Å². The molecule has 2 rings (SSSR count). The van der Waals surface area contributed by atoms with E-state index in [0.717, 1.165) is 0 Å². The largest absolute Gasteiger partial charge is 0.453 e. The molecule has 1 heterocycles. The number of furan rings is 1. The minimum absolute atomic E-state index is 0.129. The second-order valence-electron chi connectivity index (χ2n) is 4.25. The third-order valence-corrected chi connectivity index (χ3v) is 2.42. The molecule has 0 amide bonds. The van der Waals surface area contributed by atoms with E-state index < -0.39 is 0 Å². The average molecular weight is 235 g/mol. The van der Waals surface area contributed by atoms with E-state index in [1.807, 2.05) is 13.8 Å². The van der Waals surface area contributed by atoms with Crippen molar-refractivity contribution in [3.8, 4) is 0 Å². The predicted octanol–water partition coefficient (Wildman–Crippen LogP) is 2.75. The van der Waals surface area contributed by atoms with Crippen molar-refractivity contribution in [1.29, 1.82) is 0 Å². The Labute approximate surface area is 98.6 Å². The normalized spacial score (nSPS) is 11.3. The zero-order valence-electron chi connectivity index (χ0n) is 9.79. The second kappa shape index (κ2) is 4.67. The van der Waals surface area contributed by atoms with Gasteiger partial charge in [-0.15, -0.1) is 0 Å². The van der Waals surface area contributed by atoms with Gasteiger partial charge in [-0.25, -0.2) is 4.39 Å². The molecule has 0 fully saturated rings. The van der Waals surface area contributed by atoms with Crippen LogP contribution < -0.4 is 5.32 Å². The summed E-state index contributed by atoms with van der Waals surface area (Å²) in [6.45, 7) is 4.14. The molecule has 17 heavy (non-hydrogen) atoms. The van der Waals surface area contributed by atoms with Crippen LogP contribution >= 0.6 is 0 Å². The van der Waals surface area contributed by atoms with Crippen LogP contribution in [0.4, 0.5) is 4.39 Å². The number of hydrogen-bond acceptors (Lipinski definition) is 3. The summed E-state index contributed by atoms with van der Waals surface area (Å²) in [5.74, 6) is -0.202. The molecule has 0 saturated carbocycles. The van der Waals surface area contributed by atoms with Gasteiger partial charge in [0.2, 0.25) is 5.78 Å². The van der Waals surface area contributed by atoms with Crippen LogP contribution in [0.15, 0.2) is 28.7 Å². The quantitative estimate of drug-likeness (QED) is 0.828. The molecule has 0 atom stereocenters. The molecule has 3 nitrogen and oxygen atoms in total. The van der Waals surface area contributed by atoms with Crippen LogP contribution in [-0.2, 0) is 0 Å². The van der Waals surface area contributed by atoms with Crippen LogP contribution in [0.25, 0.3) is 11.0 Å². The molecule has 4 heteroatoms. The second-order valence-corrected chi connectivity index (χ2v) is 4.25. The predicted molar refractivity (Wildman–Crippen MR) is 63.6 cm³/mol. The summed E-state index contributed by atoms with van der Waals surface area (Å²) in [5, 5.41) is 3.63. The molecule has 2 aromatic rings. The van der Waals surface area contributed by atoms with Gasteiger partial charge < -0.3 is 9.73 Å². The maximum absolute atomic E-state index is 13.0. The maximum atomic E-state index is 13.0. The highest BCUT2D eigenvalue weighted by Gasteiger charge is 2.12. The Balaban J connectivity index is 2.21. The topological polar surface area (TPSA) is 42.2 Å². The third kappa shape index (κ3) is 2.71. The zero-order valence-corrected chi connectivity index (χ0v) is 9.79. The van der Waals surface area contributed by atoms with Gasteiger partial charge in [-0.05, 0) is 24.3 Å². The summed E-state index contributed by atoms with van der Waals surface area (Å²) in [4.78, 5) is 11.8. The van der Waals surface area contributed by atoms with E-state index in [9.17, 15) is 9.18 Å². The summed E-state index contributed by atoms with van der Waals surface area (Å²) in [5.41, 5.74) is 0.527. The number of ketones is 1. The van der Waals surface area contributed by atoms with E-state index in [4.69, 9.17) is 4.42 Å². The van der Waals surface area contributed by atoms with E-state index in [0.29, 0.717) is 11.0 Å². The van der Waals surface area contributed by atoms with E-state index in [1.165, 1.54) is 18.2 Å². The number of fused-ring (bicyclic) bond motifs is 1. The monoisotopic (exact) mass is 235 g/mol. The number of benzene rings is 1. The van der Waals surface area contributed by atoms with Crippen LogP contribution in [0, 0.1) is 5.82 Å². The molecule has 1 aromatic heterocycles. The van der Waals surface area contributed by atoms with Crippen LogP contribution in [-0.4, -0.2) is 18.4 Å². The van der Waals surface area contributed by atoms with Crippen LogP contribution in [0.5, 0.6) is 0 Å². The Morgan fingerprint density at radius 3 is 2.88 bits per heavy atom. The summed E-state index contributed by atoms with van der Waals surface area (Å²) < 4.78 is 18.3. The van der Waals surface area contributed by atoms with Gasteiger partial charge in [0.1, 0.15) is 11.4 Å². The molecule has 0 aliphatic rings. The summed E-state index contributed by atoms with van der Waals surface area (Å²) >= 11 is 0. The SMILES string of the molecule is CC(C)NCC(=O)c1cc2cc(F)ccc2o1. The number of Topliss-reactive ketones (excluding diaryl/α,β-unsaturated/α-hetero) is 1. The van der Waals surface area contributed by atoms with Gasteiger partial charge in [-0.3, -0.25) is 4.79 Å². The molecule has 1 N–H and O–H groups in total. The van der Waals surface area contributed by atoms with Crippen molar-refractivity contribution < 1.29 is 13.6 Å². The number of carbonyl (C=O) groups is 1.